The van der Waals surface area contributed by atoms with E-state index in [1.165, 1.54) is 0 Å². The van der Waals surface area contributed by atoms with Crippen molar-refractivity contribution in [3.63, 3.8) is 0 Å². The van der Waals surface area contributed by atoms with E-state index < -0.39 is 5.66 Å². The highest BCUT2D eigenvalue weighted by atomic mass is 16.2. The summed E-state index contributed by atoms with van der Waals surface area (Å²) in [6.45, 7) is 5.90. The molecule has 1 spiro atoms. The molecule has 1 heterocycles. The molecule has 1 N–H and O–H groups in total. The van der Waals surface area contributed by atoms with Crippen molar-refractivity contribution < 1.29 is 9.59 Å². The first-order valence-electron chi connectivity index (χ1n) is 9.09. The quantitative estimate of drug-likeness (QED) is 0.919. The number of carbonyl (C=O) groups is 2. The molecule has 134 valence electrons. The molecule has 0 radical (unpaired) electrons. The Morgan fingerprint density at radius 1 is 1.16 bits per heavy atom. The molecular formula is C20H27N3O2. The maximum absolute atomic E-state index is 13.1. The summed E-state index contributed by atoms with van der Waals surface area (Å²) in [5, 5.41) is 2.96. The van der Waals surface area contributed by atoms with Gasteiger partial charge in [0, 0.05) is 11.1 Å². The van der Waals surface area contributed by atoms with Gasteiger partial charge in [0.15, 0.2) is 0 Å². The van der Waals surface area contributed by atoms with E-state index in [0.717, 1.165) is 37.7 Å². The molecule has 0 bridgehead atoms. The van der Waals surface area contributed by atoms with Crippen molar-refractivity contribution in [1.82, 2.24) is 10.2 Å². The Morgan fingerprint density at radius 3 is 2.40 bits per heavy atom. The van der Waals surface area contributed by atoms with Gasteiger partial charge in [0.1, 0.15) is 17.9 Å². The van der Waals surface area contributed by atoms with Crippen LogP contribution in [0.15, 0.2) is 35.3 Å². The molecule has 0 saturated heterocycles. The average molecular weight is 341 g/mol. The molecule has 1 aliphatic carbocycles. The van der Waals surface area contributed by atoms with Crippen molar-refractivity contribution in [3.05, 3.63) is 35.9 Å². The predicted molar refractivity (Wildman–Crippen MR) is 98.4 cm³/mol. The summed E-state index contributed by atoms with van der Waals surface area (Å²) in [7, 11) is 0. The lowest BCUT2D eigenvalue weighted by atomic mass is 9.88. The fraction of sp³-hybridized carbons (Fsp3) is 0.550. The van der Waals surface area contributed by atoms with Crippen LogP contribution in [-0.2, 0) is 9.59 Å². The summed E-state index contributed by atoms with van der Waals surface area (Å²) in [6, 6.07) is 9.56. The van der Waals surface area contributed by atoms with Gasteiger partial charge in [-0.2, -0.15) is 0 Å². The molecule has 1 fully saturated rings. The van der Waals surface area contributed by atoms with Crippen LogP contribution in [0.5, 0.6) is 0 Å². The van der Waals surface area contributed by atoms with Gasteiger partial charge in [-0.3, -0.25) is 14.6 Å². The van der Waals surface area contributed by atoms with Crippen molar-refractivity contribution in [2.45, 2.75) is 64.1 Å². The lowest BCUT2D eigenvalue weighted by molar-refractivity contribution is -0.136. The zero-order valence-corrected chi connectivity index (χ0v) is 15.3. The predicted octanol–water partition coefficient (Wildman–Crippen LogP) is 2.89. The van der Waals surface area contributed by atoms with Gasteiger partial charge >= 0.3 is 0 Å². The van der Waals surface area contributed by atoms with Gasteiger partial charge in [-0.1, -0.05) is 36.8 Å². The molecule has 2 aliphatic rings. The van der Waals surface area contributed by atoms with E-state index in [0.29, 0.717) is 5.71 Å². The van der Waals surface area contributed by atoms with Crippen LogP contribution in [0.25, 0.3) is 0 Å². The van der Waals surface area contributed by atoms with Gasteiger partial charge in [-0.15, -0.1) is 0 Å². The lowest BCUT2D eigenvalue weighted by Gasteiger charge is -2.39. The van der Waals surface area contributed by atoms with E-state index in [9.17, 15) is 9.59 Å². The second-order valence-corrected chi connectivity index (χ2v) is 8.06. The monoisotopic (exact) mass is 341 g/mol. The van der Waals surface area contributed by atoms with E-state index in [1.54, 1.807) is 4.90 Å². The summed E-state index contributed by atoms with van der Waals surface area (Å²) in [5.41, 5.74) is 0.459. The minimum atomic E-state index is -0.546. The number of rotatable bonds is 3. The van der Waals surface area contributed by atoms with Crippen LogP contribution in [0.3, 0.4) is 0 Å². The van der Waals surface area contributed by atoms with Crippen molar-refractivity contribution in [2.75, 3.05) is 6.54 Å². The number of benzene rings is 1. The zero-order chi connectivity index (χ0) is 18.1. The fourth-order valence-corrected chi connectivity index (χ4v) is 3.74. The molecule has 2 amide bonds. The Hall–Kier alpha value is -2.17. The van der Waals surface area contributed by atoms with Gasteiger partial charge in [0.05, 0.1) is 0 Å². The van der Waals surface area contributed by atoms with Crippen LogP contribution in [-0.4, -0.2) is 40.2 Å². The largest absolute Gasteiger partial charge is 0.350 e. The van der Waals surface area contributed by atoms with E-state index in [4.69, 9.17) is 4.99 Å². The van der Waals surface area contributed by atoms with Crippen LogP contribution in [0.4, 0.5) is 0 Å². The Morgan fingerprint density at radius 2 is 1.80 bits per heavy atom. The number of amides is 2. The number of hydrogen-bond donors (Lipinski definition) is 1. The minimum absolute atomic E-state index is 0.0654. The molecule has 1 aromatic rings. The first kappa shape index (κ1) is 17.6. The van der Waals surface area contributed by atoms with Gasteiger partial charge in [-0.05, 0) is 46.5 Å². The van der Waals surface area contributed by atoms with Crippen LogP contribution in [0.2, 0.25) is 0 Å². The van der Waals surface area contributed by atoms with Crippen LogP contribution in [0, 0.1) is 0 Å². The van der Waals surface area contributed by atoms with Gasteiger partial charge < -0.3 is 10.2 Å². The van der Waals surface area contributed by atoms with E-state index in [1.807, 2.05) is 51.1 Å². The maximum atomic E-state index is 13.1. The Bertz CT molecular complexity index is 683. The first-order chi connectivity index (χ1) is 11.8. The number of carbonyl (C=O) groups excluding carboxylic acids is 2. The Balaban J connectivity index is 1.89. The molecular weight excluding hydrogens is 314 g/mol. The van der Waals surface area contributed by atoms with E-state index >= 15 is 0 Å². The smallest absolute Gasteiger partial charge is 0.275 e. The average Bonchev–Trinajstić information content (AvgIpc) is 2.81. The molecule has 0 aromatic heterocycles. The highest BCUT2D eigenvalue weighted by Crippen LogP contribution is 2.39. The standard InChI is InChI=1S/C20H27N3O2/c1-19(2,3)21-16(24)14-23-18(25)17(15-10-6-4-7-11-15)22-20(23)12-8-5-9-13-20/h4,6-7,10-11H,5,8-9,12-14H2,1-3H3,(H,21,24). The molecule has 3 rings (SSSR count). The maximum Gasteiger partial charge on any atom is 0.275 e. The van der Waals surface area contributed by atoms with Crippen LogP contribution < -0.4 is 5.32 Å². The highest BCUT2D eigenvalue weighted by Gasteiger charge is 2.48. The second kappa shape index (κ2) is 6.62. The third kappa shape index (κ3) is 3.75. The van der Waals surface area contributed by atoms with Gasteiger partial charge in [-0.25, -0.2) is 0 Å². The summed E-state index contributed by atoms with van der Waals surface area (Å²) in [5.74, 6) is -0.257. The molecule has 5 nitrogen and oxygen atoms in total. The highest BCUT2D eigenvalue weighted by molar-refractivity contribution is 6.47. The molecule has 1 aromatic carbocycles. The van der Waals surface area contributed by atoms with Crippen molar-refractivity contribution in [3.8, 4) is 0 Å². The second-order valence-electron chi connectivity index (χ2n) is 8.06. The van der Waals surface area contributed by atoms with Crippen LogP contribution in [0.1, 0.15) is 58.4 Å². The summed E-state index contributed by atoms with van der Waals surface area (Å²) in [4.78, 5) is 32.1. The van der Waals surface area contributed by atoms with Crippen LogP contribution >= 0.6 is 0 Å². The Labute approximate surface area is 149 Å². The number of nitrogens with one attached hydrogen (secondary N) is 1. The molecule has 0 unspecified atom stereocenters. The zero-order valence-electron chi connectivity index (χ0n) is 15.3. The van der Waals surface area contributed by atoms with Crippen molar-refractivity contribution in [2.24, 2.45) is 4.99 Å². The summed E-state index contributed by atoms with van der Waals surface area (Å²) in [6.07, 6.45) is 4.90. The third-order valence-corrected chi connectivity index (χ3v) is 4.79. The number of nitrogens with zero attached hydrogens (tertiary/aromatic N) is 2. The molecule has 1 aliphatic heterocycles. The first-order valence-corrected chi connectivity index (χ1v) is 9.09. The summed E-state index contributed by atoms with van der Waals surface area (Å²) >= 11 is 0. The Kier molecular flexibility index (Phi) is 4.67. The molecule has 1 saturated carbocycles. The molecule has 0 atom stereocenters. The fourth-order valence-electron chi connectivity index (χ4n) is 3.74. The van der Waals surface area contributed by atoms with E-state index in [-0.39, 0.29) is 23.9 Å². The topological polar surface area (TPSA) is 61.8 Å². The van der Waals surface area contributed by atoms with Crippen molar-refractivity contribution >= 4 is 17.5 Å². The number of aliphatic imine (C=N–C) groups is 1. The van der Waals surface area contributed by atoms with E-state index in [2.05, 4.69) is 5.32 Å². The lowest BCUT2D eigenvalue weighted by Crippen LogP contribution is -2.54. The SMILES string of the molecule is CC(C)(C)NC(=O)CN1C(=O)C(c2ccccc2)=NC12CCCCC2. The van der Waals surface area contributed by atoms with Crippen molar-refractivity contribution in [1.29, 1.82) is 0 Å². The third-order valence-electron chi connectivity index (χ3n) is 4.79. The van der Waals surface area contributed by atoms with Gasteiger partial charge in [0.2, 0.25) is 5.91 Å². The number of hydrogen-bond acceptors (Lipinski definition) is 3. The normalized spacial score (nSPS) is 19.9. The molecule has 25 heavy (non-hydrogen) atoms. The summed E-state index contributed by atoms with van der Waals surface area (Å²) < 4.78 is 0. The van der Waals surface area contributed by atoms with Gasteiger partial charge in [0.25, 0.3) is 5.91 Å². The molecule has 5 heteroatoms. The minimum Gasteiger partial charge on any atom is -0.350 e.